The van der Waals surface area contributed by atoms with E-state index in [1.807, 2.05) is 0 Å². The number of carboxylic acids is 1. The highest BCUT2D eigenvalue weighted by atomic mass is 16.4. The van der Waals surface area contributed by atoms with E-state index in [2.05, 4.69) is 5.32 Å². The normalized spacial score (nSPS) is 15.1. The van der Waals surface area contributed by atoms with E-state index in [1.54, 1.807) is 32.3 Å². The van der Waals surface area contributed by atoms with E-state index in [4.69, 9.17) is 5.11 Å². The smallest absolute Gasteiger partial charge is 0.326 e. The lowest BCUT2D eigenvalue weighted by molar-refractivity contribution is -0.139. The molecule has 1 atom stereocenters. The summed E-state index contributed by atoms with van der Waals surface area (Å²) in [5, 5.41) is 11.6. The average Bonchev–Trinajstić information content (AvgIpc) is 3.27. The van der Waals surface area contributed by atoms with Crippen molar-refractivity contribution in [2.75, 3.05) is 14.1 Å². The molecule has 112 valence electrons. The number of aliphatic carboxylic acids is 1. The van der Waals surface area contributed by atoms with Crippen molar-refractivity contribution >= 4 is 17.8 Å². The molecule has 2 rings (SSSR count). The number of nitrogens with zero attached hydrogens (tertiary/aromatic N) is 1. The minimum absolute atomic E-state index is 0.0121. The van der Waals surface area contributed by atoms with E-state index in [0.29, 0.717) is 5.56 Å². The molecule has 0 heterocycles. The molecule has 1 aliphatic rings. The average molecular weight is 290 g/mol. The number of rotatable bonds is 5. The quantitative estimate of drug-likeness (QED) is 0.846. The molecule has 6 nitrogen and oxygen atoms in total. The van der Waals surface area contributed by atoms with Gasteiger partial charge in [-0.15, -0.1) is 0 Å². The highest BCUT2D eigenvalue weighted by Gasteiger charge is 2.37. The van der Waals surface area contributed by atoms with Crippen LogP contribution in [0.25, 0.3) is 0 Å². The number of hydrogen-bond acceptors (Lipinski definition) is 3. The Balaban J connectivity index is 2.13. The van der Waals surface area contributed by atoms with Gasteiger partial charge in [-0.2, -0.15) is 0 Å². The second kappa shape index (κ2) is 5.95. The monoisotopic (exact) mass is 290 g/mol. The third kappa shape index (κ3) is 3.59. The van der Waals surface area contributed by atoms with Crippen molar-refractivity contribution in [3.05, 3.63) is 35.4 Å². The molecular weight excluding hydrogens is 272 g/mol. The third-order valence-corrected chi connectivity index (χ3v) is 3.42. The maximum absolute atomic E-state index is 12.1. The van der Waals surface area contributed by atoms with Crippen LogP contribution in [0.5, 0.6) is 0 Å². The van der Waals surface area contributed by atoms with Crippen LogP contribution >= 0.6 is 0 Å². The summed E-state index contributed by atoms with van der Waals surface area (Å²) in [5.74, 6) is -1.69. The van der Waals surface area contributed by atoms with Gasteiger partial charge in [-0.05, 0) is 37.0 Å². The molecule has 0 spiro atoms. The number of carboxylic acid groups (broad SMARTS) is 1. The fraction of sp³-hybridized carbons (Fsp3) is 0.400. The lowest BCUT2D eigenvalue weighted by Crippen LogP contribution is -2.42. The first-order valence-electron chi connectivity index (χ1n) is 6.75. The highest BCUT2D eigenvalue weighted by molar-refractivity contribution is 6.00. The van der Waals surface area contributed by atoms with E-state index in [0.717, 1.165) is 12.8 Å². The standard InChI is InChI=1S/C15H18N2O4/c1-17(2)14(19)11-5-3-4-10(8-11)13(18)16-12(15(20)21)9-6-7-9/h3-5,8-9,12H,6-7H2,1-2H3,(H,16,18)(H,20,21). The predicted octanol–water partition coefficient (Wildman–Crippen LogP) is 0.981. The van der Waals surface area contributed by atoms with Crippen LogP contribution in [0.15, 0.2) is 24.3 Å². The van der Waals surface area contributed by atoms with Crippen molar-refractivity contribution in [2.24, 2.45) is 5.92 Å². The maximum atomic E-state index is 12.1. The van der Waals surface area contributed by atoms with Gasteiger partial charge in [-0.3, -0.25) is 9.59 Å². The van der Waals surface area contributed by atoms with E-state index in [1.165, 1.54) is 11.0 Å². The van der Waals surface area contributed by atoms with Gasteiger partial charge in [0.05, 0.1) is 0 Å². The van der Waals surface area contributed by atoms with Crippen molar-refractivity contribution in [3.8, 4) is 0 Å². The molecule has 1 aromatic carbocycles. The van der Waals surface area contributed by atoms with E-state index in [9.17, 15) is 14.4 Å². The fourth-order valence-corrected chi connectivity index (χ4v) is 2.09. The molecule has 0 aliphatic heterocycles. The summed E-state index contributed by atoms with van der Waals surface area (Å²) in [6.45, 7) is 0. The van der Waals surface area contributed by atoms with Gasteiger partial charge in [0.15, 0.2) is 0 Å². The summed E-state index contributed by atoms with van der Waals surface area (Å²) in [4.78, 5) is 36.6. The van der Waals surface area contributed by atoms with Gasteiger partial charge in [-0.25, -0.2) is 4.79 Å². The summed E-state index contributed by atoms with van der Waals surface area (Å²) in [6, 6.07) is 5.41. The molecule has 0 aromatic heterocycles. The summed E-state index contributed by atoms with van der Waals surface area (Å²) >= 11 is 0. The van der Waals surface area contributed by atoms with Gasteiger partial charge >= 0.3 is 5.97 Å². The minimum Gasteiger partial charge on any atom is -0.480 e. The first kappa shape index (κ1) is 15.0. The number of carbonyl (C=O) groups excluding carboxylic acids is 2. The van der Waals surface area contributed by atoms with Crippen molar-refractivity contribution in [1.29, 1.82) is 0 Å². The number of benzene rings is 1. The van der Waals surface area contributed by atoms with Crippen LogP contribution in [-0.4, -0.2) is 47.9 Å². The van der Waals surface area contributed by atoms with E-state index in [-0.39, 0.29) is 17.4 Å². The molecule has 1 unspecified atom stereocenters. The summed E-state index contributed by atoms with van der Waals surface area (Å²) in [7, 11) is 3.26. The van der Waals surface area contributed by atoms with Gasteiger partial charge in [0.25, 0.3) is 11.8 Å². The first-order valence-corrected chi connectivity index (χ1v) is 6.75. The Morgan fingerprint density at radius 2 is 1.86 bits per heavy atom. The minimum atomic E-state index is -1.02. The molecule has 0 saturated heterocycles. The Morgan fingerprint density at radius 3 is 2.38 bits per heavy atom. The highest BCUT2D eigenvalue weighted by Crippen LogP contribution is 2.32. The number of carbonyl (C=O) groups is 3. The molecule has 0 radical (unpaired) electrons. The van der Waals surface area contributed by atoms with E-state index < -0.39 is 17.9 Å². The van der Waals surface area contributed by atoms with Gasteiger partial charge in [0.1, 0.15) is 6.04 Å². The molecule has 21 heavy (non-hydrogen) atoms. The molecule has 1 fully saturated rings. The zero-order valence-electron chi connectivity index (χ0n) is 12.0. The Labute approximate surface area is 122 Å². The second-order valence-corrected chi connectivity index (χ2v) is 5.41. The first-order chi connectivity index (χ1) is 9.90. The topological polar surface area (TPSA) is 86.7 Å². The fourth-order valence-electron chi connectivity index (χ4n) is 2.09. The summed E-state index contributed by atoms with van der Waals surface area (Å²) < 4.78 is 0. The number of hydrogen-bond donors (Lipinski definition) is 2. The Kier molecular flexibility index (Phi) is 4.26. The van der Waals surface area contributed by atoms with Crippen LogP contribution in [0, 0.1) is 5.92 Å². The van der Waals surface area contributed by atoms with Crippen molar-refractivity contribution < 1.29 is 19.5 Å². The van der Waals surface area contributed by atoms with Gasteiger partial charge in [0, 0.05) is 25.2 Å². The number of nitrogens with one attached hydrogen (secondary N) is 1. The largest absolute Gasteiger partial charge is 0.480 e. The van der Waals surface area contributed by atoms with Crippen LogP contribution in [0.2, 0.25) is 0 Å². The molecular formula is C15H18N2O4. The van der Waals surface area contributed by atoms with Gasteiger partial charge in [0.2, 0.25) is 0 Å². The zero-order chi connectivity index (χ0) is 15.6. The summed E-state index contributed by atoms with van der Waals surface area (Å²) in [5.41, 5.74) is 0.681. The van der Waals surface area contributed by atoms with Crippen LogP contribution in [0.3, 0.4) is 0 Å². The molecule has 1 aliphatic carbocycles. The summed E-state index contributed by atoms with van der Waals surface area (Å²) in [6.07, 6.45) is 1.63. The van der Waals surface area contributed by atoms with Crippen molar-refractivity contribution in [3.63, 3.8) is 0 Å². The van der Waals surface area contributed by atoms with Crippen LogP contribution in [0.4, 0.5) is 0 Å². The Hall–Kier alpha value is -2.37. The van der Waals surface area contributed by atoms with Crippen LogP contribution in [0.1, 0.15) is 33.6 Å². The zero-order valence-corrected chi connectivity index (χ0v) is 12.0. The van der Waals surface area contributed by atoms with Crippen LogP contribution in [-0.2, 0) is 4.79 Å². The molecule has 2 amide bonds. The molecule has 1 aromatic rings. The third-order valence-electron chi connectivity index (χ3n) is 3.42. The van der Waals surface area contributed by atoms with Crippen molar-refractivity contribution in [2.45, 2.75) is 18.9 Å². The van der Waals surface area contributed by atoms with Crippen LogP contribution < -0.4 is 5.32 Å². The lowest BCUT2D eigenvalue weighted by Gasteiger charge is -2.14. The van der Waals surface area contributed by atoms with Crippen molar-refractivity contribution in [1.82, 2.24) is 10.2 Å². The lowest BCUT2D eigenvalue weighted by atomic mass is 10.1. The molecule has 1 saturated carbocycles. The SMILES string of the molecule is CN(C)C(=O)c1cccc(C(=O)NC(C(=O)O)C2CC2)c1. The molecule has 2 N–H and O–H groups in total. The van der Waals surface area contributed by atoms with Gasteiger partial charge in [-0.1, -0.05) is 6.07 Å². The molecule has 0 bridgehead atoms. The van der Waals surface area contributed by atoms with E-state index >= 15 is 0 Å². The second-order valence-electron chi connectivity index (χ2n) is 5.41. The number of amides is 2. The Bertz CT molecular complexity index is 579. The Morgan fingerprint density at radius 1 is 1.24 bits per heavy atom. The van der Waals surface area contributed by atoms with Gasteiger partial charge < -0.3 is 15.3 Å². The molecule has 6 heteroatoms. The maximum Gasteiger partial charge on any atom is 0.326 e. The predicted molar refractivity (Wildman–Crippen MR) is 76.1 cm³/mol.